The predicted octanol–water partition coefficient (Wildman–Crippen LogP) is 3.49. The first-order valence-corrected chi connectivity index (χ1v) is 12.4. The van der Waals surface area contributed by atoms with Gasteiger partial charge in [0.1, 0.15) is 17.9 Å². The number of amides is 2. The van der Waals surface area contributed by atoms with Gasteiger partial charge in [0.2, 0.25) is 11.8 Å². The van der Waals surface area contributed by atoms with Gasteiger partial charge in [0.15, 0.2) is 0 Å². The standard InChI is InChI=1S/C23H30N2O4S2/c1-28-20-7-3-18(4-8-20)16-30-13-11-24-22(26)15-23(27)25-12-14-31-17-19-5-9-21(29-2)10-6-19/h3-10H,11-17H2,1-2H3,(H,24,26)(H,25,27). The zero-order chi connectivity index (χ0) is 22.3. The average Bonchev–Trinajstić information content (AvgIpc) is 2.79. The molecule has 0 saturated carbocycles. The minimum atomic E-state index is -0.242. The summed E-state index contributed by atoms with van der Waals surface area (Å²) in [6.45, 7) is 1.09. The SMILES string of the molecule is COc1ccc(CSCCNC(=O)CC(=O)NCCSCc2ccc(OC)cc2)cc1. The third-order valence-corrected chi connectivity index (χ3v) is 6.37. The highest BCUT2D eigenvalue weighted by atomic mass is 32.2. The summed E-state index contributed by atoms with van der Waals surface area (Å²) in [5.74, 6) is 4.53. The molecule has 0 aliphatic carbocycles. The van der Waals surface area contributed by atoms with Crippen molar-refractivity contribution >= 4 is 35.3 Å². The second-order valence-electron chi connectivity index (χ2n) is 6.68. The Morgan fingerprint density at radius 3 is 1.45 bits per heavy atom. The topological polar surface area (TPSA) is 76.7 Å². The predicted molar refractivity (Wildman–Crippen MR) is 129 cm³/mol. The molecule has 2 amide bonds. The molecule has 0 unspecified atom stereocenters. The summed E-state index contributed by atoms with van der Waals surface area (Å²) in [7, 11) is 3.30. The number of carbonyl (C=O) groups is 2. The largest absolute Gasteiger partial charge is 0.497 e. The highest BCUT2D eigenvalue weighted by molar-refractivity contribution is 7.98. The number of thioether (sulfide) groups is 2. The van der Waals surface area contributed by atoms with Crippen molar-refractivity contribution in [2.24, 2.45) is 0 Å². The number of hydrogen-bond donors (Lipinski definition) is 2. The van der Waals surface area contributed by atoms with E-state index in [-0.39, 0.29) is 18.2 Å². The summed E-state index contributed by atoms with van der Waals surface area (Å²) in [5.41, 5.74) is 2.42. The van der Waals surface area contributed by atoms with Crippen LogP contribution >= 0.6 is 23.5 Å². The van der Waals surface area contributed by atoms with Crippen molar-refractivity contribution in [1.29, 1.82) is 0 Å². The van der Waals surface area contributed by atoms with Crippen LogP contribution in [0.2, 0.25) is 0 Å². The summed E-state index contributed by atoms with van der Waals surface area (Å²) in [4.78, 5) is 23.7. The molecule has 0 fully saturated rings. The molecule has 0 aromatic heterocycles. The van der Waals surface area contributed by atoms with E-state index in [9.17, 15) is 9.59 Å². The van der Waals surface area contributed by atoms with E-state index in [1.54, 1.807) is 37.7 Å². The molecule has 31 heavy (non-hydrogen) atoms. The number of ether oxygens (including phenoxy) is 2. The van der Waals surface area contributed by atoms with Crippen LogP contribution in [-0.4, -0.2) is 50.6 Å². The zero-order valence-electron chi connectivity index (χ0n) is 18.0. The van der Waals surface area contributed by atoms with Crippen LogP contribution in [0.3, 0.4) is 0 Å². The van der Waals surface area contributed by atoms with Crippen molar-refractivity contribution in [2.45, 2.75) is 17.9 Å². The van der Waals surface area contributed by atoms with Crippen molar-refractivity contribution in [2.75, 3.05) is 38.8 Å². The Morgan fingerprint density at radius 1 is 0.710 bits per heavy atom. The number of hydrogen-bond acceptors (Lipinski definition) is 6. The summed E-state index contributed by atoms with van der Waals surface area (Å²) in [6.07, 6.45) is -0.133. The summed E-state index contributed by atoms with van der Waals surface area (Å²) < 4.78 is 10.3. The lowest BCUT2D eigenvalue weighted by atomic mass is 10.2. The number of nitrogens with one attached hydrogen (secondary N) is 2. The Balaban J connectivity index is 1.47. The van der Waals surface area contributed by atoms with Gasteiger partial charge in [-0.05, 0) is 35.4 Å². The van der Waals surface area contributed by atoms with Gasteiger partial charge in [-0.2, -0.15) is 23.5 Å². The fourth-order valence-corrected chi connectivity index (χ4v) is 4.26. The maximum atomic E-state index is 11.9. The molecule has 2 aromatic carbocycles. The third kappa shape index (κ3) is 10.5. The average molecular weight is 463 g/mol. The van der Waals surface area contributed by atoms with Crippen LogP contribution in [-0.2, 0) is 21.1 Å². The molecule has 2 N–H and O–H groups in total. The van der Waals surface area contributed by atoms with Gasteiger partial charge in [-0.25, -0.2) is 0 Å². The first-order chi connectivity index (χ1) is 15.1. The van der Waals surface area contributed by atoms with E-state index in [0.29, 0.717) is 13.1 Å². The molecular formula is C23H30N2O4S2. The first kappa shape index (κ1) is 24.9. The molecule has 0 spiro atoms. The van der Waals surface area contributed by atoms with Gasteiger partial charge in [0.25, 0.3) is 0 Å². The lowest BCUT2D eigenvalue weighted by Gasteiger charge is -2.07. The van der Waals surface area contributed by atoms with Gasteiger partial charge in [-0.15, -0.1) is 0 Å². The Hall–Kier alpha value is -2.32. The van der Waals surface area contributed by atoms with Crippen molar-refractivity contribution < 1.29 is 19.1 Å². The van der Waals surface area contributed by atoms with E-state index in [0.717, 1.165) is 34.5 Å². The minimum absolute atomic E-state index is 0.133. The van der Waals surface area contributed by atoms with Crippen molar-refractivity contribution in [1.82, 2.24) is 10.6 Å². The Morgan fingerprint density at radius 2 is 1.10 bits per heavy atom. The quantitative estimate of drug-likeness (QED) is 0.331. The Kier molecular flexibility index (Phi) is 11.8. The normalized spacial score (nSPS) is 10.4. The monoisotopic (exact) mass is 462 g/mol. The molecule has 168 valence electrons. The van der Waals surface area contributed by atoms with Crippen molar-refractivity contribution in [3.8, 4) is 11.5 Å². The summed E-state index contributed by atoms with van der Waals surface area (Å²) in [5, 5.41) is 5.59. The van der Waals surface area contributed by atoms with E-state index < -0.39 is 0 Å². The van der Waals surface area contributed by atoms with Gasteiger partial charge < -0.3 is 20.1 Å². The molecule has 2 aromatic rings. The van der Waals surface area contributed by atoms with E-state index in [1.807, 2.05) is 48.5 Å². The summed E-state index contributed by atoms with van der Waals surface area (Å²) in [6, 6.07) is 15.9. The van der Waals surface area contributed by atoms with Crippen LogP contribution in [0.1, 0.15) is 17.5 Å². The molecule has 0 radical (unpaired) electrons. The number of carbonyl (C=O) groups excluding carboxylic acids is 2. The smallest absolute Gasteiger partial charge is 0.229 e. The molecule has 2 rings (SSSR count). The first-order valence-electron chi connectivity index (χ1n) is 10.1. The van der Waals surface area contributed by atoms with Crippen LogP contribution in [0, 0.1) is 0 Å². The summed E-state index contributed by atoms with van der Waals surface area (Å²) >= 11 is 3.47. The second kappa shape index (κ2) is 14.6. The van der Waals surface area contributed by atoms with E-state index in [1.165, 1.54) is 11.1 Å². The maximum Gasteiger partial charge on any atom is 0.229 e. The molecule has 0 bridgehead atoms. The Bertz CT molecular complexity index is 731. The molecule has 8 heteroatoms. The van der Waals surface area contributed by atoms with Gasteiger partial charge in [-0.3, -0.25) is 9.59 Å². The lowest BCUT2D eigenvalue weighted by molar-refractivity contribution is -0.129. The maximum absolute atomic E-state index is 11.9. The van der Waals surface area contributed by atoms with Gasteiger partial charge in [-0.1, -0.05) is 24.3 Å². The molecule has 0 aliphatic heterocycles. The fourth-order valence-electron chi connectivity index (χ4n) is 2.62. The fraction of sp³-hybridized carbons (Fsp3) is 0.391. The second-order valence-corrected chi connectivity index (χ2v) is 8.89. The van der Waals surface area contributed by atoms with Crippen LogP contribution in [0.25, 0.3) is 0 Å². The van der Waals surface area contributed by atoms with Gasteiger partial charge in [0, 0.05) is 36.1 Å². The molecule has 0 saturated heterocycles. The molecule has 0 aliphatic rings. The van der Waals surface area contributed by atoms with Crippen LogP contribution in [0.15, 0.2) is 48.5 Å². The highest BCUT2D eigenvalue weighted by Crippen LogP contribution is 2.17. The van der Waals surface area contributed by atoms with Crippen LogP contribution in [0.4, 0.5) is 0 Å². The zero-order valence-corrected chi connectivity index (χ0v) is 19.7. The van der Waals surface area contributed by atoms with E-state index in [4.69, 9.17) is 9.47 Å². The van der Waals surface area contributed by atoms with Crippen molar-refractivity contribution in [3.63, 3.8) is 0 Å². The van der Waals surface area contributed by atoms with Crippen molar-refractivity contribution in [3.05, 3.63) is 59.7 Å². The third-order valence-electron chi connectivity index (χ3n) is 4.31. The van der Waals surface area contributed by atoms with Gasteiger partial charge in [0.05, 0.1) is 14.2 Å². The Labute approximate surface area is 192 Å². The molecule has 0 heterocycles. The molecule has 6 nitrogen and oxygen atoms in total. The van der Waals surface area contributed by atoms with E-state index >= 15 is 0 Å². The highest BCUT2D eigenvalue weighted by Gasteiger charge is 2.08. The molecule has 0 atom stereocenters. The van der Waals surface area contributed by atoms with Crippen LogP contribution in [0.5, 0.6) is 11.5 Å². The number of benzene rings is 2. The number of methoxy groups -OCH3 is 2. The minimum Gasteiger partial charge on any atom is -0.497 e. The number of rotatable bonds is 14. The molecular weight excluding hydrogens is 432 g/mol. The van der Waals surface area contributed by atoms with Crippen LogP contribution < -0.4 is 20.1 Å². The van der Waals surface area contributed by atoms with E-state index in [2.05, 4.69) is 10.6 Å². The van der Waals surface area contributed by atoms with Gasteiger partial charge >= 0.3 is 0 Å². The lowest BCUT2D eigenvalue weighted by Crippen LogP contribution is -2.33.